The van der Waals surface area contributed by atoms with Crippen LogP contribution >= 0.6 is 11.6 Å². The number of aromatic nitrogens is 6. The molecule has 0 amide bonds. The first kappa shape index (κ1) is 15.8. The number of carbonyl (C=O) groups excluding carboxylic acids is 1. The van der Waals surface area contributed by atoms with Crippen LogP contribution in [0.5, 0.6) is 0 Å². The van der Waals surface area contributed by atoms with Gasteiger partial charge in [0.05, 0.1) is 24.7 Å². The van der Waals surface area contributed by atoms with E-state index in [0.717, 1.165) is 0 Å². The van der Waals surface area contributed by atoms with E-state index in [1.807, 2.05) is 0 Å². The number of carbonyl (C=O) groups is 1. The highest BCUT2D eigenvalue weighted by Crippen LogP contribution is 2.22. The van der Waals surface area contributed by atoms with E-state index in [4.69, 9.17) is 16.3 Å². The Balaban J connectivity index is 1.92. The molecule has 3 heterocycles. The zero-order chi connectivity index (χ0) is 16.9. The molecule has 0 saturated heterocycles. The Morgan fingerprint density at radius 1 is 1.38 bits per heavy atom. The lowest BCUT2D eigenvalue weighted by atomic mass is 10.3. The summed E-state index contributed by atoms with van der Waals surface area (Å²) in [5.41, 5.74) is 0.367. The van der Waals surface area contributed by atoms with Crippen molar-refractivity contribution in [3.63, 3.8) is 0 Å². The van der Waals surface area contributed by atoms with Gasteiger partial charge in [0.1, 0.15) is 5.82 Å². The fraction of sp³-hybridized carbons (Fsp3) is 0.143. The monoisotopic (exact) mass is 345 g/mol. The number of anilines is 2. The van der Waals surface area contributed by atoms with Gasteiger partial charge in [0.25, 0.3) is 0 Å². The second-order valence-electron chi connectivity index (χ2n) is 4.50. The molecule has 10 heteroatoms. The molecule has 0 aliphatic carbocycles. The summed E-state index contributed by atoms with van der Waals surface area (Å²) >= 11 is 5.87. The van der Waals surface area contributed by atoms with Gasteiger partial charge >= 0.3 is 5.97 Å². The highest BCUT2D eigenvalue weighted by atomic mass is 35.5. The summed E-state index contributed by atoms with van der Waals surface area (Å²) in [6.07, 6.45) is 3.22. The summed E-state index contributed by atoms with van der Waals surface area (Å²) in [6, 6.07) is 6.75. The fourth-order valence-corrected chi connectivity index (χ4v) is 2.05. The Labute approximate surface area is 141 Å². The molecule has 9 nitrogen and oxygen atoms in total. The average Bonchev–Trinajstić information content (AvgIpc) is 3.10. The number of hydrogen-bond acceptors (Lipinski definition) is 8. The van der Waals surface area contributed by atoms with Crippen molar-refractivity contribution in [1.29, 1.82) is 0 Å². The van der Waals surface area contributed by atoms with Gasteiger partial charge in [-0.05, 0) is 19.1 Å². The van der Waals surface area contributed by atoms with Crippen molar-refractivity contribution in [2.75, 3.05) is 11.9 Å². The quantitative estimate of drug-likeness (QED) is 0.700. The molecule has 0 unspecified atom stereocenters. The van der Waals surface area contributed by atoms with Crippen molar-refractivity contribution in [3.8, 4) is 5.82 Å². The van der Waals surface area contributed by atoms with Crippen LogP contribution in [-0.2, 0) is 4.74 Å². The number of rotatable bonds is 5. The SMILES string of the molecule is CCOC(=O)c1nnc(Cl)cc1Nc1cccc(-n2ccnn2)n1. The molecule has 0 fully saturated rings. The first-order valence-electron chi connectivity index (χ1n) is 6.98. The third-order valence-electron chi connectivity index (χ3n) is 2.89. The Morgan fingerprint density at radius 2 is 2.25 bits per heavy atom. The predicted molar refractivity (Wildman–Crippen MR) is 85.4 cm³/mol. The van der Waals surface area contributed by atoms with E-state index in [2.05, 4.69) is 30.8 Å². The Hall–Kier alpha value is -3.07. The number of ether oxygens (including phenoxy) is 1. The molecule has 0 radical (unpaired) electrons. The molecule has 0 aliphatic rings. The summed E-state index contributed by atoms with van der Waals surface area (Å²) < 4.78 is 6.47. The topological polar surface area (TPSA) is 108 Å². The minimum atomic E-state index is -0.600. The van der Waals surface area contributed by atoms with Crippen LogP contribution in [0.2, 0.25) is 5.15 Å². The smallest absolute Gasteiger partial charge is 0.361 e. The van der Waals surface area contributed by atoms with E-state index in [-0.39, 0.29) is 17.5 Å². The van der Waals surface area contributed by atoms with Gasteiger partial charge < -0.3 is 10.1 Å². The van der Waals surface area contributed by atoms with E-state index in [1.165, 1.54) is 10.7 Å². The van der Waals surface area contributed by atoms with E-state index in [0.29, 0.717) is 17.3 Å². The molecule has 3 rings (SSSR count). The minimum absolute atomic E-state index is 0.0224. The van der Waals surface area contributed by atoms with Crippen molar-refractivity contribution in [3.05, 3.63) is 47.5 Å². The van der Waals surface area contributed by atoms with Crippen molar-refractivity contribution in [1.82, 2.24) is 30.2 Å². The summed E-state index contributed by atoms with van der Waals surface area (Å²) in [5.74, 6) is 0.428. The maximum Gasteiger partial charge on any atom is 0.361 e. The van der Waals surface area contributed by atoms with Crippen molar-refractivity contribution >= 4 is 29.1 Å². The van der Waals surface area contributed by atoms with Crippen LogP contribution in [0.1, 0.15) is 17.4 Å². The van der Waals surface area contributed by atoms with E-state index in [9.17, 15) is 4.79 Å². The van der Waals surface area contributed by atoms with Gasteiger partial charge in [-0.25, -0.2) is 14.5 Å². The Kier molecular flexibility index (Phi) is 4.62. The average molecular weight is 346 g/mol. The summed E-state index contributed by atoms with van der Waals surface area (Å²) in [6.45, 7) is 1.93. The van der Waals surface area contributed by atoms with Gasteiger partial charge in [-0.2, -0.15) is 0 Å². The number of nitrogens with one attached hydrogen (secondary N) is 1. The maximum absolute atomic E-state index is 12.0. The third kappa shape index (κ3) is 3.46. The number of pyridine rings is 1. The second-order valence-corrected chi connectivity index (χ2v) is 4.89. The molecule has 1 N–H and O–H groups in total. The fourth-order valence-electron chi connectivity index (χ4n) is 1.90. The van der Waals surface area contributed by atoms with Crippen LogP contribution < -0.4 is 5.32 Å². The van der Waals surface area contributed by atoms with Crippen LogP contribution in [0.25, 0.3) is 5.82 Å². The van der Waals surface area contributed by atoms with E-state index < -0.39 is 5.97 Å². The molecular weight excluding hydrogens is 334 g/mol. The minimum Gasteiger partial charge on any atom is -0.461 e. The molecule has 0 spiro atoms. The molecule has 3 aromatic rings. The lowest BCUT2D eigenvalue weighted by Gasteiger charge is -2.10. The first-order chi connectivity index (χ1) is 11.7. The summed E-state index contributed by atoms with van der Waals surface area (Å²) in [7, 11) is 0. The van der Waals surface area contributed by atoms with Crippen LogP contribution in [0, 0.1) is 0 Å². The number of nitrogens with zero attached hydrogens (tertiary/aromatic N) is 6. The highest BCUT2D eigenvalue weighted by Gasteiger charge is 2.17. The van der Waals surface area contributed by atoms with Crippen LogP contribution in [-0.4, -0.2) is 42.8 Å². The van der Waals surface area contributed by atoms with Crippen molar-refractivity contribution < 1.29 is 9.53 Å². The molecule has 0 aromatic carbocycles. The number of hydrogen-bond donors (Lipinski definition) is 1. The van der Waals surface area contributed by atoms with Crippen molar-refractivity contribution in [2.24, 2.45) is 0 Å². The van der Waals surface area contributed by atoms with Crippen molar-refractivity contribution in [2.45, 2.75) is 6.92 Å². The van der Waals surface area contributed by atoms with Crippen LogP contribution in [0.4, 0.5) is 11.5 Å². The van der Waals surface area contributed by atoms with Crippen LogP contribution in [0.15, 0.2) is 36.7 Å². The van der Waals surface area contributed by atoms with E-state index in [1.54, 1.807) is 37.5 Å². The molecule has 0 saturated carbocycles. The molecule has 0 atom stereocenters. The van der Waals surface area contributed by atoms with Gasteiger partial charge in [0.2, 0.25) is 0 Å². The van der Waals surface area contributed by atoms with Gasteiger partial charge in [0, 0.05) is 6.07 Å². The van der Waals surface area contributed by atoms with Gasteiger partial charge in [-0.3, -0.25) is 0 Å². The molecule has 0 bridgehead atoms. The van der Waals surface area contributed by atoms with Crippen LogP contribution in [0.3, 0.4) is 0 Å². The van der Waals surface area contributed by atoms with Gasteiger partial charge in [-0.1, -0.05) is 22.9 Å². The molecular formula is C14H12ClN7O2. The molecule has 0 aliphatic heterocycles. The molecule has 122 valence electrons. The first-order valence-corrected chi connectivity index (χ1v) is 7.36. The number of halogens is 1. The standard InChI is InChI=1S/C14H12ClN7O2/c1-2-24-14(23)13-9(8-10(15)19-20-13)17-11-4-3-5-12(18-11)22-7-6-16-21-22/h3-8H,2H2,1H3,(H,17,18,19). The Morgan fingerprint density at radius 3 is 3.00 bits per heavy atom. The second kappa shape index (κ2) is 7.01. The maximum atomic E-state index is 12.0. The van der Waals surface area contributed by atoms with Gasteiger partial charge in [-0.15, -0.1) is 15.3 Å². The largest absolute Gasteiger partial charge is 0.461 e. The summed E-state index contributed by atoms with van der Waals surface area (Å²) in [4.78, 5) is 16.4. The molecule has 24 heavy (non-hydrogen) atoms. The zero-order valence-corrected chi connectivity index (χ0v) is 13.3. The van der Waals surface area contributed by atoms with Gasteiger partial charge in [0.15, 0.2) is 16.7 Å². The lowest BCUT2D eigenvalue weighted by Crippen LogP contribution is -2.12. The highest BCUT2D eigenvalue weighted by molar-refractivity contribution is 6.29. The lowest BCUT2D eigenvalue weighted by molar-refractivity contribution is 0.0519. The van der Waals surface area contributed by atoms with E-state index >= 15 is 0 Å². The predicted octanol–water partition coefficient (Wildman–Crippen LogP) is 2.03. The third-order valence-corrected chi connectivity index (χ3v) is 3.07. The number of esters is 1. The normalized spacial score (nSPS) is 10.4. The molecule has 3 aromatic heterocycles. The summed E-state index contributed by atoms with van der Waals surface area (Å²) in [5, 5.41) is 18.2. The Bertz CT molecular complexity index is 854. The zero-order valence-electron chi connectivity index (χ0n) is 12.5.